The zero-order valence-corrected chi connectivity index (χ0v) is 20.1. The summed E-state index contributed by atoms with van der Waals surface area (Å²) in [6.07, 6.45) is 7.48. The molecule has 2 aromatic rings. The number of hydroxylamine groups is 1. The molecule has 0 spiro atoms. The summed E-state index contributed by atoms with van der Waals surface area (Å²) < 4.78 is 6.27. The van der Waals surface area contributed by atoms with Crippen LogP contribution in [0.5, 0.6) is 5.75 Å². The molecule has 180 valence electrons. The number of rotatable bonds is 12. The van der Waals surface area contributed by atoms with E-state index in [0.717, 1.165) is 50.0 Å². The van der Waals surface area contributed by atoms with Crippen molar-refractivity contribution in [3.05, 3.63) is 54.1 Å². The van der Waals surface area contributed by atoms with Gasteiger partial charge in [0.2, 0.25) is 5.91 Å². The molecule has 1 heterocycles. The number of hydrogen-bond donors (Lipinski definition) is 3. The minimum absolute atomic E-state index is 0.326. The van der Waals surface area contributed by atoms with Gasteiger partial charge in [-0.05, 0) is 76.1 Å². The first-order valence-corrected chi connectivity index (χ1v) is 12.3. The molecule has 1 aliphatic heterocycles. The molecule has 0 unspecified atom stereocenters. The van der Waals surface area contributed by atoms with Crippen molar-refractivity contribution >= 4 is 16.7 Å². The van der Waals surface area contributed by atoms with E-state index in [1.807, 2.05) is 24.3 Å². The number of likely N-dealkylation sites (tertiary alicyclic amines) is 1. The number of unbranched alkanes of at least 4 members (excludes halogenated alkanes) is 2. The van der Waals surface area contributed by atoms with Crippen LogP contribution in [0.2, 0.25) is 0 Å². The van der Waals surface area contributed by atoms with Crippen LogP contribution in [0.4, 0.5) is 0 Å². The molecule has 0 aliphatic carbocycles. The quantitative estimate of drug-likeness (QED) is 0.188. The highest BCUT2D eigenvalue weighted by molar-refractivity contribution is 5.88. The van der Waals surface area contributed by atoms with Gasteiger partial charge in [-0.2, -0.15) is 0 Å². The van der Waals surface area contributed by atoms with E-state index in [9.17, 15) is 4.79 Å². The minimum Gasteiger partial charge on any atom is -0.489 e. The summed E-state index contributed by atoms with van der Waals surface area (Å²) in [5.41, 5.74) is 2.93. The number of allylic oxidation sites excluding steroid dienone is 1. The summed E-state index contributed by atoms with van der Waals surface area (Å²) in [4.78, 5) is 13.8. The number of carbonyl (C=O) groups excluding carboxylic acids is 1. The molecule has 1 saturated heterocycles. The Kier molecular flexibility index (Phi) is 10.2. The Morgan fingerprint density at radius 1 is 1.15 bits per heavy atom. The van der Waals surface area contributed by atoms with Crippen molar-refractivity contribution in [3.8, 4) is 5.75 Å². The predicted octanol–water partition coefficient (Wildman–Crippen LogP) is 4.67. The van der Waals surface area contributed by atoms with Crippen molar-refractivity contribution in [1.82, 2.24) is 15.7 Å². The molecule has 1 aliphatic rings. The monoisotopic (exact) mass is 453 g/mol. The number of ether oxygens (including phenoxy) is 1. The molecule has 6 heteroatoms. The lowest BCUT2D eigenvalue weighted by Crippen LogP contribution is -2.45. The van der Waals surface area contributed by atoms with E-state index in [1.54, 1.807) is 5.48 Å². The van der Waals surface area contributed by atoms with E-state index in [2.05, 4.69) is 48.3 Å². The van der Waals surface area contributed by atoms with Crippen molar-refractivity contribution in [2.24, 2.45) is 0 Å². The number of hydrogen-bond acceptors (Lipinski definition) is 5. The summed E-state index contributed by atoms with van der Waals surface area (Å²) in [5, 5.41) is 14.7. The van der Waals surface area contributed by atoms with Crippen LogP contribution in [0.1, 0.15) is 52.4 Å². The summed E-state index contributed by atoms with van der Waals surface area (Å²) in [6, 6.07) is 15.6. The van der Waals surface area contributed by atoms with Crippen LogP contribution < -0.4 is 15.5 Å². The summed E-state index contributed by atoms with van der Waals surface area (Å²) >= 11 is 0. The number of carbonyl (C=O) groups is 1. The smallest absolute Gasteiger partial charge is 0.243 e. The van der Waals surface area contributed by atoms with Gasteiger partial charge < -0.3 is 15.0 Å². The Bertz CT molecular complexity index is 899. The molecule has 0 radical (unpaired) electrons. The molecule has 0 atom stereocenters. The number of benzene rings is 2. The third-order valence-corrected chi connectivity index (χ3v) is 6.46. The van der Waals surface area contributed by atoms with Crippen LogP contribution in [-0.4, -0.2) is 54.3 Å². The van der Waals surface area contributed by atoms with Crippen LogP contribution in [0.25, 0.3) is 10.8 Å². The maximum Gasteiger partial charge on any atom is 0.243 e. The lowest BCUT2D eigenvalue weighted by atomic mass is 10.0. The molecular weight excluding hydrogens is 414 g/mol. The first kappa shape index (κ1) is 25.2. The molecule has 3 N–H and O–H groups in total. The minimum atomic E-state index is -0.326. The molecule has 0 bridgehead atoms. The second kappa shape index (κ2) is 13.3. The van der Waals surface area contributed by atoms with Gasteiger partial charge in [-0.3, -0.25) is 10.0 Å². The second-order valence-electron chi connectivity index (χ2n) is 9.19. The highest BCUT2D eigenvalue weighted by atomic mass is 16.5. The van der Waals surface area contributed by atoms with E-state index >= 15 is 0 Å². The number of nitrogens with one attached hydrogen (secondary N) is 2. The molecular formula is C27H39N3O3. The maximum absolute atomic E-state index is 11.2. The zero-order valence-electron chi connectivity index (χ0n) is 20.1. The maximum atomic E-state index is 11.2. The molecule has 3 rings (SSSR count). The Balaban J connectivity index is 1.56. The van der Waals surface area contributed by atoms with Crippen molar-refractivity contribution in [2.75, 3.05) is 26.2 Å². The van der Waals surface area contributed by atoms with E-state index < -0.39 is 0 Å². The fourth-order valence-corrected chi connectivity index (χ4v) is 4.36. The van der Waals surface area contributed by atoms with Gasteiger partial charge in [-0.25, -0.2) is 5.48 Å². The predicted molar refractivity (Wildman–Crippen MR) is 134 cm³/mol. The Morgan fingerprint density at radius 3 is 2.67 bits per heavy atom. The van der Waals surface area contributed by atoms with Crippen LogP contribution in [0.15, 0.2) is 54.1 Å². The third-order valence-electron chi connectivity index (χ3n) is 6.46. The number of piperidine rings is 1. The Labute approximate surface area is 198 Å². The van der Waals surface area contributed by atoms with E-state index in [4.69, 9.17) is 9.94 Å². The van der Waals surface area contributed by atoms with Gasteiger partial charge in [0.15, 0.2) is 0 Å². The molecule has 2 aromatic carbocycles. The molecule has 0 saturated carbocycles. The fraction of sp³-hybridized carbons (Fsp3) is 0.519. The van der Waals surface area contributed by atoms with Crippen LogP contribution in [0.3, 0.4) is 0 Å². The van der Waals surface area contributed by atoms with Crippen molar-refractivity contribution < 1.29 is 14.7 Å². The van der Waals surface area contributed by atoms with Crippen LogP contribution in [-0.2, 0) is 4.79 Å². The molecule has 6 nitrogen and oxygen atoms in total. The number of nitrogens with zero attached hydrogens (tertiary/aromatic N) is 1. The van der Waals surface area contributed by atoms with Crippen LogP contribution >= 0.6 is 0 Å². The lowest BCUT2D eigenvalue weighted by Gasteiger charge is -2.35. The SMILES string of the molecule is CC(C)N1CCC(NC/C(=C\CCCCC(=O)NO)COc2cccc3ccccc23)CC1. The first-order chi connectivity index (χ1) is 16.1. The number of fused-ring (bicyclic) bond motifs is 1. The topological polar surface area (TPSA) is 73.8 Å². The van der Waals surface area contributed by atoms with Gasteiger partial charge >= 0.3 is 0 Å². The molecule has 1 amide bonds. The third kappa shape index (κ3) is 8.14. The first-order valence-electron chi connectivity index (χ1n) is 12.3. The fourth-order valence-electron chi connectivity index (χ4n) is 4.36. The van der Waals surface area contributed by atoms with Gasteiger partial charge in [0.25, 0.3) is 0 Å². The Morgan fingerprint density at radius 2 is 1.91 bits per heavy atom. The van der Waals surface area contributed by atoms with Gasteiger partial charge in [0.1, 0.15) is 12.4 Å². The normalized spacial score (nSPS) is 15.8. The summed E-state index contributed by atoms with van der Waals surface area (Å²) in [5.74, 6) is 0.580. The lowest BCUT2D eigenvalue weighted by molar-refractivity contribution is -0.129. The van der Waals surface area contributed by atoms with E-state index in [1.165, 1.54) is 23.8 Å². The average Bonchev–Trinajstić information content (AvgIpc) is 2.85. The highest BCUT2D eigenvalue weighted by Crippen LogP contribution is 2.25. The Hall–Kier alpha value is -2.41. The second-order valence-corrected chi connectivity index (χ2v) is 9.19. The zero-order chi connectivity index (χ0) is 23.5. The van der Waals surface area contributed by atoms with Gasteiger partial charge in [-0.15, -0.1) is 0 Å². The van der Waals surface area contributed by atoms with Gasteiger partial charge in [0.05, 0.1) is 0 Å². The standard InChI is InChI=1S/C27H39N3O3/c1-21(2)30-17-15-24(16-18-30)28-19-22(9-4-3-5-14-27(31)29-32)20-33-26-13-8-11-23-10-6-7-12-25(23)26/h6-13,21,24,28,32H,3-5,14-20H2,1-2H3,(H,29,31)/b22-9+. The summed E-state index contributed by atoms with van der Waals surface area (Å²) in [7, 11) is 0. The van der Waals surface area contributed by atoms with Gasteiger partial charge in [0, 0.05) is 30.4 Å². The van der Waals surface area contributed by atoms with Crippen molar-refractivity contribution in [2.45, 2.75) is 64.5 Å². The van der Waals surface area contributed by atoms with E-state index in [0.29, 0.717) is 25.1 Å². The van der Waals surface area contributed by atoms with Gasteiger partial charge in [-0.1, -0.05) is 42.5 Å². The van der Waals surface area contributed by atoms with Crippen LogP contribution in [0, 0.1) is 0 Å². The van der Waals surface area contributed by atoms with Crippen molar-refractivity contribution in [3.63, 3.8) is 0 Å². The van der Waals surface area contributed by atoms with Crippen molar-refractivity contribution in [1.29, 1.82) is 0 Å². The molecule has 0 aromatic heterocycles. The number of amides is 1. The average molecular weight is 454 g/mol. The van der Waals surface area contributed by atoms with E-state index in [-0.39, 0.29) is 5.91 Å². The highest BCUT2D eigenvalue weighted by Gasteiger charge is 2.20. The summed E-state index contributed by atoms with van der Waals surface area (Å²) in [6.45, 7) is 8.19. The molecule has 1 fully saturated rings. The molecule has 33 heavy (non-hydrogen) atoms. The largest absolute Gasteiger partial charge is 0.489 e.